The topological polar surface area (TPSA) is 54.9 Å². The molecule has 0 atom stereocenters. The third-order valence-electron chi connectivity index (χ3n) is 6.08. The predicted molar refractivity (Wildman–Crippen MR) is 105 cm³/mol. The molecule has 0 aliphatic carbocycles. The number of rotatable bonds is 2. The quantitative estimate of drug-likeness (QED) is 0.803. The van der Waals surface area contributed by atoms with Gasteiger partial charge in [0.05, 0.1) is 13.2 Å². The second kappa shape index (κ2) is 7.18. The Morgan fingerprint density at radius 1 is 1.00 bits per heavy atom. The van der Waals surface area contributed by atoms with E-state index in [2.05, 4.69) is 28.1 Å². The molecule has 2 aromatic rings. The number of carbonyl (C=O) groups excluding carboxylic acids is 1. The van der Waals surface area contributed by atoms with Crippen LogP contribution in [0.3, 0.4) is 0 Å². The van der Waals surface area contributed by atoms with Gasteiger partial charge in [-0.3, -0.25) is 9.78 Å². The van der Waals surface area contributed by atoms with Crippen molar-refractivity contribution >= 4 is 11.6 Å². The molecule has 0 saturated carbocycles. The van der Waals surface area contributed by atoms with Crippen LogP contribution in [-0.4, -0.2) is 54.4 Å². The lowest BCUT2D eigenvalue weighted by Crippen LogP contribution is -2.45. The minimum atomic E-state index is -0.386. The summed E-state index contributed by atoms with van der Waals surface area (Å²) in [6.07, 6.45) is 4.34. The fourth-order valence-electron chi connectivity index (χ4n) is 4.46. The zero-order chi connectivity index (χ0) is 19.0. The van der Waals surface area contributed by atoms with Gasteiger partial charge < -0.3 is 19.3 Å². The fraction of sp³-hybridized carbons (Fsp3) is 0.455. The number of pyridine rings is 1. The molecule has 0 unspecified atom stereocenters. The van der Waals surface area contributed by atoms with E-state index >= 15 is 0 Å². The standard InChI is InChI=1S/C22H25N3O3/c26-21(25-10-6-17-3-1-2-4-18(17)16-25)20-15-19(5-9-23-20)24-11-7-22(8-12-24)27-13-14-28-22/h1-5,9,15H,6-8,10-14,16H2. The Hall–Kier alpha value is -2.44. The molecule has 0 bridgehead atoms. The molecule has 2 saturated heterocycles. The fourth-order valence-corrected chi connectivity index (χ4v) is 4.46. The van der Waals surface area contributed by atoms with Crippen LogP contribution < -0.4 is 4.90 Å². The van der Waals surface area contributed by atoms with Crippen LogP contribution in [0.5, 0.6) is 0 Å². The SMILES string of the molecule is O=C(c1cc(N2CCC3(CC2)OCCO3)ccn1)N1CCc2ccccc2C1. The number of benzene rings is 1. The van der Waals surface area contributed by atoms with E-state index in [1.54, 1.807) is 6.20 Å². The van der Waals surface area contributed by atoms with Crippen LogP contribution in [0.2, 0.25) is 0 Å². The number of amides is 1. The first-order valence-electron chi connectivity index (χ1n) is 10.1. The number of hydrogen-bond acceptors (Lipinski definition) is 5. The van der Waals surface area contributed by atoms with Gasteiger partial charge in [-0.2, -0.15) is 0 Å². The molecule has 1 aromatic heterocycles. The predicted octanol–water partition coefficient (Wildman–Crippen LogP) is 2.62. The molecule has 28 heavy (non-hydrogen) atoms. The van der Waals surface area contributed by atoms with Gasteiger partial charge in [0.1, 0.15) is 5.69 Å². The van der Waals surface area contributed by atoms with E-state index in [0.717, 1.165) is 44.6 Å². The van der Waals surface area contributed by atoms with Crippen LogP contribution in [0.25, 0.3) is 0 Å². The van der Waals surface area contributed by atoms with Gasteiger partial charge in [0.2, 0.25) is 0 Å². The maximum Gasteiger partial charge on any atom is 0.272 e. The number of hydrogen-bond donors (Lipinski definition) is 0. The van der Waals surface area contributed by atoms with E-state index in [-0.39, 0.29) is 11.7 Å². The summed E-state index contributed by atoms with van der Waals surface area (Å²) in [5.41, 5.74) is 4.14. The van der Waals surface area contributed by atoms with Crippen LogP contribution in [0, 0.1) is 0 Å². The van der Waals surface area contributed by atoms with Crippen LogP contribution >= 0.6 is 0 Å². The maximum atomic E-state index is 13.1. The number of anilines is 1. The molecule has 0 radical (unpaired) electrons. The van der Waals surface area contributed by atoms with Crippen molar-refractivity contribution in [3.63, 3.8) is 0 Å². The monoisotopic (exact) mass is 379 g/mol. The molecule has 1 aromatic carbocycles. The molecule has 3 aliphatic heterocycles. The summed E-state index contributed by atoms with van der Waals surface area (Å²) in [6.45, 7) is 4.48. The van der Waals surface area contributed by atoms with Crippen molar-refractivity contribution < 1.29 is 14.3 Å². The number of piperidine rings is 1. The van der Waals surface area contributed by atoms with Gasteiger partial charge in [-0.05, 0) is 29.7 Å². The highest BCUT2D eigenvalue weighted by molar-refractivity contribution is 5.93. The lowest BCUT2D eigenvalue weighted by Gasteiger charge is -2.38. The van der Waals surface area contributed by atoms with Crippen LogP contribution in [-0.2, 0) is 22.4 Å². The molecule has 0 N–H and O–H groups in total. The molecule has 6 nitrogen and oxygen atoms in total. The summed E-state index contributed by atoms with van der Waals surface area (Å²) < 4.78 is 11.6. The van der Waals surface area contributed by atoms with Crippen molar-refractivity contribution in [2.45, 2.75) is 31.6 Å². The lowest BCUT2D eigenvalue weighted by molar-refractivity contribution is -0.169. The number of carbonyl (C=O) groups is 1. The molecular formula is C22H25N3O3. The molecule has 2 fully saturated rings. The Bertz CT molecular complexity index is 869. The average Bonchev–Trinajstić information content (AvgIpc) is 3.21. The van der Waals surface area contributed by atoms with Gasteiger partial charge >= 0.3 is 0 Å². The number of aromatic nitrogens is 1. The van der Waals surface area contributed by atoms with Crippen molar-refractivity contribution in [1.29, 1.82) is 0 Å². The van der Waals surface area contributed by atoms with Gasteiger partial charge in [-0.25, -0.2) is 0 Å². The first-order valence-corrected chi connectivity index (χ1v) is 10.1. The lowest BCUT2D eigenvalue weighted by atomic mass is 9.99. The van der Waals surface area contributed by atoms with Crippen LogP contribution in [0.15, 0.2) is 42.6 Å². The second-order valence-electron chi connectivity index (χ2n) is 7.74. The maximum absolute atomic E-state index is 13.1. The first-order chi connectivity index (χ1) is 13.7. The molecule has 1 spiro atoms. The largest absolute Gasteiger partial charge is 0.371 e. The zero-order valence-electron chi connectivity index (χ0n) is 16.0. The van der Waals surface area contributed by atoms with Crippen LogP contribution in [0.1, 0.15) is 34.5 Å². The molecule has 6 heteroatoms. The van der Waals surface area contributed by atoms with Crippen molar-refractivity contribution in [2.24, 2.45) is 0 Å². The molecule has 4 heterocycles. The molecule has 3 aliphatic rings. The van der Waals surface area contributed by atoms with Gasteiger partial charge in [0, 0.05) is 50.9 Å². The molecule has 5 rings (SSSR count). The minimum Gasteiger partial charge on any atom is -0.371 e. The van der Waals surface area contributed by atoms with Crippen LogP contribution in [0.4, 0.5) is 5.69 Å². The minimum absolute atomic E-state index is 0.00675. The van der Waals surface area contributed by atoms with E-state index in [4.69, 9.17) is 9.47 Å². The summed E-state index contributed by atoms with van der Waals surface area (Å²) in [5.74, 6) is -0.379. The van der Waals surface area contributed by atoms with E-state index in [1.807, 2.05) is 23.1 Å². The summed E-state index contributed by atoms with van der Waals surface area (Å²) in [7, 11) is 0. The van der Waals surface area contributed by atoms with Gasteiger partial charge in [0.15, 0.2) is 5.79 Å². The van der Waals surface area contributed by atoms with Crippen molar-refractivity contribution in [1.82, 2.24) is 9.88 Å². The Morgan fingerprint density at radius 2 is 1.75 bits per heavy atom. The third-order valence-corrected chi connectivity index (χ3v) is 6.08. The highest BCUT2D eigenvalue weighted by Crippen LogP contribution is 2.33. The van der Waals surface area contributed by atoms with Gasteiger partial charge in [-0.1, -0.05) is 24.3 Å². The Labute approximate surface area is 165 Å². The van der Waals surface area contributed by atoms with Gasteiger partial charge in [-0.15, -0.1) is 0 Å². The molecule has 146 valence electrons. The number of ether oxygens (including phenoxy) is 2. The molecule has 1 amide bonds. The Kier molecular flexibility index (Phi) is 4.53. The summed E-state index contributed by atoms with van der Waals surface area (Å²) in [4.78, 5) is 21.6. The van der Waals surface area contributed by atoms with E-state index in [1.165, 1.54) is 11.1 Å². The number of fused-ring (bicyclic) bond motifs is 1. The molecular weight excluding hydrogens is 354 g/mol. The summed E-state index contributed by atoms with van der Waals surface area (Å²) in [5, 5.41) is 0. The average molecular weight is 379 g/mol. The smallest absolute Gasteiger partial charge is 0.272 e. The van der Waals surface area contributed by atoms with Gasteiger partial charge in [0.25, 0.3) is 5.91 Å². The Balaban J connectivity index is 1.29. The summed E-state index contributed by atoms with van der Waals surface area (Å²) >= 11 is 0. The highest BCUT2D eigenvalue weighted by Gasteiger charge is 2.39. The zero-order valence-corrected chi connectivity index (χ0v) is 16.0. The van der Waals surface area contributed by atoms with E-state index in [0.29, 0.717) is 25.5 Å². The first kappa shape index (κ1) is 17.6. The third kappa shape index (κ3) is 3.27. The van der Waals surface area contributed by atoms with Crippen molar-refractivity contribution in [2.75, 3.05) is 37.7 Å². The van der Waals surface area contributed by atoms with Crippen molar-refractivity contribution in [3.8, 4) is 0 Å². The van der Waals surface area contributed by atoms with E-state index < -0.39 is 0 Å². The highest BCUT2D eigenvalue weighted by atomic mass is 16.7. The van der Waals surface area contributed by atoms with Crippen molar-refractivity contribution in [3.05, 3.63) is 59.4 Å². The Morgan fingerprint density at radius 3 is 2.54 bits per heavy atom. The second-order valence-corrected chi connectivity index (χ2v) is 7.74. The summed E-state index contributed by atoms with van der Waals surface area (Å²) in [6, 6.07) is 12.3. The number of nitrogens with zero attached hydrogens (tertiary/aromatic N) is 3. The van der Waals surface area contributed by atoms with E-state index in [9.17, 15) is 4.79 Å². The normalized spacial score (nSPS) is 21.0.